The number of aromatic nitrogens is 1. The van der Waals surface area contributed by atoms with Crippen molar-refractivity contribution >= 4 is 49.1 Å². The van der Waals surface area contributed by atoms with Gasteiger partial charge in [0, 0.05) is 43.0 Å². The minimum Gasteiger partial charge on any atom is -0.444 e. The summed E-state index contributed by atoms with van der Waals surface area (Å²) < 4.78 is 59.2. The lowest BCUT2D eigenvalue weighted by molar-refractivity contribution is 0.0292. The lowest BCUT2D eigenvalue weighted by Crippen LogP contribution is -2.39. The Labute approximate surface area is 237 Å². The van der Waals surface area contributed by atoms with Crippen LogP contribution < -0.4 is 9.21 Å². The van der Waals surface area contributed by atoms with Crippen molar-refractivity contribution in [3.8, 4) is 0 Å². The molecule has 0 radical (unpaired) electrons. The summed E-state index contributed by atoms with van der Waals surface area (Å²) in [4.78, 5) is 15.6. The van der Waals surface area contributed by atoms with E-state index in [1.807, 2.05) is 32.7 Å². The maximum atomic E-state index is 15.5. The third-order valence-corrected chi connectivity index (χ3v) is 10.0. The molecule has 2 aromatic rings. The second-order valence-corrected chi connectivity index (χ2v) is 18.7. The highest BCUT2D eigenvalue weighted by atomic mass is 32.3. The fourth-order valence-electron chi connectivity index (χ4n) is 4.15. The van der Waals surface area contributed by atoms with E-state index >= 15 is 4.39 Å². The molecule has 0 saturated carbocycles. The van der Waals surface area contributed by atoms with Gasteiger partial charge in [-0.15, -0.1) is 0 Å². The molecule has 1 aromatic heterocycles. The number of hydrogen-bond donors (Lipinski definition) is 0. The van der Waals surface area contributed by atoms with E-state index in [0.29, 0.717) is 43.1 Å². The van der Waals surface area contributed by atoms with Gasteiger partial charge in [0.15, 0.2) is 0 Å². The van der Waals surface area contributed by atoms with Crippen molar-refractivity contribution in [1.82, 2.24) is 9.27 Å². The predicted molar refractivity (Wildman–Crippen MR) is 159 cm³/mol. The smallest absolute Gasteiger partial charge is 0.410 e. The number of likely N-dealkylation sites (tertiary alicyclic amines) is 1. The van der Waals surface area contributed by atoms with Crippen LogP contribution in [0.4, 0.5) is 20.6 Å². The normalized spacial score (nSPS) is 16.8. The summed E-state index contributed by atoms with van der Waals surface area (Å²) >= 11 is 1.11. The first-order valence-corrected chi connectivity index (χ1v) is 18.0. The van der Waals surface area contributed by atoms with E-state index in [4.69, 9.17) is 9.47 Å². The maximum Gasteiger partial charge on any atom is 0.410 e. The number of rotatable bonds is 10. The van der Waals surface area contributed by atoms with Crippen LogP contribution in [0.3, 0.4) is 0 Å². The van der Waals surface area contributed by atoms with Crippen molar-refractivity contribution < 1.29 is 27.1 Å². The van der Waals surface area contributed by atoms with Gasteiger partial charge < -0.3 is 19.3 Å². The van der Waals surface area contributed by atoms with Gasteiger partial charge in [-0.25, -0.2) is 31.9 Å². The van der Waals surface area contributed by atoms with Crippen molar-refractivity contribution in [2.75, 3.05) is 67.2 Å². The van der Waals surface area contributed by atoms with Crippen LogP contribution in [-0.2, 0) is 19.5 Å². The number of carbonyl (C=O) groups excluding carboxylic acids is 1. The van der Waals surface area contributed by atoms with E-state index in [1.54, 1.807) is 17.2 Å². The molecule has 1 fully saturated rings. The fraction of sp³-hybridized carbons (Fsp3) is 0.615. The van der Waals surface area contributed by atoms with Crippen molar-refractivity contribution in [3.63, 3.8) is 0 Å². The molecule has 1 aliphatic heterocycles. The summed E-state index contributed by atoms with van der Waals surface area (Å²) in [5.41, 5.74) is 0.910. The largest absolute Gasteiger partial charge is 0.444 e. The summed E-state index contributed by atoms with van der Waals surface area (Å²) in [7, 11) is -3.26. The zero-order chi connectivity index (χ0) is 29.2. The highest BCUT2D eigenvalue weighted by Crippen LogP contribution is 2.35. The highest BCUT2D eigenvalue weighted by molar-refractivity contribution is 8.32. The Hall–Kier alpha value is -2.09. The molecule has 9 nitrogen and oxygen atoms in total. The van der Waals surface area contributed by atoms with Crippen LogP contribution in [0.2, 0.25) is 0 Å². The lowest BCUT2D eigenvalue weighted by Gasteiger charge is -2.30. The topological polar surface area (TPSA) is 92.3 Å². The zero-order valence-corrected chi connectivity index (χ0v) is 26.5. The van der Waals surface area contributed by atoms with Crippen LogP contribution in [0.15, 0.2) is 28.6 Å². The minimum absolute atomic E-state index is 0.0650. The van der Waals surface area contributed by atoms with Crippen molar-refractivity contribution in [2.24, 2.45) is 0 Å². The molecule has 1 aliphatic rings. The molecule has 13 heteroatoms. The first kappa shape index (κ1) is 31.4. The maximum absolute atomic E-state index is 15.5. The SMILES string of the molecule is Cc1cc(S(=O)(=O)N(COCCS(C)(C)C)c2cnsc2)c(F)cc1N(C)[C@H]1CCN(C(=O)OC(C)(C)C)C1. The molecular weight excluding hydrogens is 564 g/mol. The van der Waals surface area contributed by atoms with Gasteiger partial charge in [0.1, 0.15) is 23.0 Å². The molecule has 1 atom stereocenters. The number of benzene rings is 1. The molecule has 1 saturated heterocycles. The quantitative estimate of drug-likeness (QED) is 0.281. The van der Waals surface area contributed by atoms with Gasteiger partial charge in [-0.2, -0.15) is 4.37 Å². The van der Waals surface area contributed by atoms with Gasteiger partial charge in [0.05, 0.1) is 18.5 Å². The van der Waals surface area contributed by atoms with E-state index < -0.39 is 36.4 Å². The molecule has 39 heavy (non-hydrogen) atoms. The molecule has 1 aromatic carbocycles. The number of carbonyl (C=O) groups is 1. The van der Waals surface area contributed by atoms with E-state index in [9.17, 15) is 13.2 Å². The molecular formula is C26H41FN4O5S3. The average molecular weight is 605 g/mol. The molecule has 0 unspecified atom stereocenters. The van der Waals surface area contributed by atoms with Crippen molar-refractivity contribution in [2.45, 2.75) is 50.7 Å². The van der Waals surface area contributed by atoms with Crippen LogP contribution in [-0.4, -0.2) is 93.4 Å². The molecule has 0 aliphatic carbocycles. The minimum atomic E-state index is -4.27. The number of ether oxygens (including phenoxy) is 2. The molecule has 1 amide bonds. The predicted octanol–water partition coefficient (Wildman–Crippen LogP) is 4.90. The summed E-state index contributed by atoms with van der Waals surface area (Å²) in [6, 6.07) is 2.56. The van der Waals surface area contributed by atoms with Gasteiger partial charge in [-0.3, -0.25) is 0 Å². The van der Waals surface area contributed by atoms with Crippen molar-refractivity contribution in [1.29, 1.82) is 0 Å². The molecule has 3 rings (SSSR count). The Balaban J connectivity index is 1.80. The van der Waals surface area contributed by atoms with Crippen LogP contribution in [0.1, 0.15) is 32.8 Å². The van der Waals surface area contributed by atoms with Gasteiger partial charge in [-0.1, -0.05) is 0 Å². The zero-order valence-electron chi connectivity index (χ0n) is 24.1. The molecule has 0 N–H and O–H groups in total. The Morgan fingerprint density at radius 2 is 1.95 bits per heavy atom. The second-order valence-electron chi connectivity index (χ2n) is 11.6. The standard InChI is InChI=1S/C26H41FN4O5S3/c1-19-13-24(39(33,34)31(21-15-28-37-17-21)18-35-11-12-38(6,7)8)22(27)14-23(19)29(5)20-9-10-30(16-20)25(32)36-26(2,3)4/h13-15,17,20H,9-12,16,18H2,1-8H3/t20-/m0/s1. The first-order chi connectivity index (χ1) is 18.0. The Kier molecular flexibility index (Phi) is 9.83. The van der Waals surface area contributed by atoms with E-state index in [2.05, 4.69) is 23.1 Å². The average Bonchev–Trinajstić information content (AvgIpc) is 3.50. The Bertz CT molecular complexity index is 1240. The first-order valence-electron chi connectivity index (χ1n) is 12.7. The number of halogens is 1. The van der Waals surface area contributed by atoms with E-state index in [0.717, 1.165) is 21.6 Å². The Morgan fingerprint density at radius 1 is 1.26 bits per heavy atom. The number of hydrogen-bond acceptors (Lipinski definition) is 8. The molecule has 0 spiro atoms. The number of nitrogens with zero attached hydrogens (tertiary/aromatic N) is 4. The number of anilines is 2. The monoisotopic (exact) mass is 604 g/mol. The van der Waals surface area contributed by atoms with Crippen molar-refractivity contribution in [3.05, 3.63) is 35.1 Å². The fourth-order valence-corrected chi connectivity index (χ4v) is 6.82. The highest BCUT2D eigenvalue weighted by Gasteiger charge is 2.34. The number of aryl methyl sites for hydroxylation is 1. The van der Waals surface area contributed by atoms with E-state index in [1.165, 1.54) is 18.3 Å². The third-order valence-electron chi connectivity index (χ3n) is 6.32. The van der Waals surface area contributed by atoms with Crippen LogP contribution >= 0.6 is 21.6 Å². The molecule has 0 bridgehead atoms. The van der Waals surface area contributed by atoms with Gasteiger partial charge in [0.25, 0.3) is 10.0 Å². The van der Waals surface area contributed by atoms with E-state index in [-0.39, 0.29) is 18.9 Å². The van der Waals surface area contributed by atoms with Crippen LogP contribution in [0.5, 0.6) is 0 Å². The summed E-state index contributed by atoms with van der Waals surface area (Å²) in [6.45, 7) is 8.33. The Morgan fingerprint density at radius 3 is 2.54 bits per heavy atom. The summed E-state index contributed by atoms with van der Waals surface area (Å²) in [6.07, 6.45) is 8.21. The van der Waals surface area contributed by atoms with Gasteiger partial charge >= 0.3 is 6.09 Å². The molecule has 220 valence electrons. The summed E-state index contributed by atoms with van der Waals surface area (Å²) in [5, 5.41) is 1.60. The van der Waals surface area contributed by atoms with Crippen LogP contribution in [0.25, 0.3) is 0 Å². The number of likely N-dealkylation sites (N-methyl/N-ethyl adjacent to an activating group) is 1. The second kappa shape index (κ2) is 12.2. The number of amides is 1. The number of sulfonamides is 1. The molecule has 2 heterocycles. The van der Waals surface area contributed by atoms with Gasteiger partial charge in [-0.05, 0) is 82.1 Å². The lowest BCUT2D eigenvalue weighted by atomic mass is 10.1. The van der Waals surface area contributed by atoms with Crippen LogP contribution in [0, 0.1) is 12.7 Å². The third kappa shape index (κ3) is 8.21. The summed E-state index contributed by atoms with van der Waals surface area (Å²) in [5.74, 6) is -0.0270. The van der Waals surface area contributed by atoms with Gasteiger partial charge in [0.2, 0.25) is 0 Å².